The van der Waals surface area contributed by atoms with Crippen LogP contribution in [0, 0.1) is 12.8 Å². The number of carbonyl (C=O) groups is 2. The van der Waals surface area contributed by atoms with Crippen LogP contribution in [-0.2, 0) is 22.6 Å². The van der Waals surface area contributed by atoms with Crippen LogP contribution in [0.4, 0.5) is 0 Å². The highest BCUT2D eigenvalue weighted by Crippen LogP contribution is 2.20. The normalized spacial score (nSPS) is 21.8. The maximum Gasteiger partial charge on any atom is 0.225 e. The lowest BCUT2D eigenvalue weighted by atomic mass is 10.0. The van der Waals surface area contributed by atoms with E-state index in [0.29, 0.717) is 19.6 Å². The molecule has 1 aliphatic rings. The fourth-order valence-corrected chi connectivity index (χ4v) is 3.76. The van der Waals surface area contributed by atoms with E-state index < -0.39 is 0 Å². The minimum atomic E-state index is -0.189. The number of nitrogens with zero attached hydrogens (tertiary/aromatic N) is 2. The van der Waals surface area contributed by atoms with Crippen LogP contribution in [0.5, 0.6) is 0 Å². The molecule has 2 atom stereocenters. The van der Waals surface area contributed by atoms with Gasteiger partial charge in [0.2, 0.25) is 11.8 Å². The number of thiazole rings is 1. The van der Waals surface area contributed by atoms with Gasteiger partial charge in [-0.1, -0.05) is 6.92 Å². The highest BCUT2D eigenvalue weighted by atomic mass is 32.1. The molecule has 3 N–H and O–H groups in total. The average Bonchev–Trinajstić information content (AvgIpc) is 2.74. The smallest absolute Gasteiger partial charge is 0.225 e. The van der Waals surface area contributed by atoms with E-state index in [2.05, 4.69) is 17.2 Å². The van der Waals surface area contributed by atoms with Crippen molar-refractivity contribution in [1.29, 1.82) is 0 Å². The maximum absolute atomic E-state index is 12.5. The summed E-state index contributed by atoms with van der Waals surface area (Å²) in [6, 6.07) is -0.0486. The van der Waals surface area contributed by atoms with Gasteiger partial charge in [-0.2, -0.15) is 0 Å². The second-order valence-electron chi connectivity index (χ2n) is 6.15. The average molecular weight is 338 g/mol. The van der Waals surface area contributed by atoms with E-state index in [1.54, 1.807) is 16.2 Å². The molecule has 0 saturated carbocycles. The second-order valence-corrected chi connectivity index (χ2v) is 7.31. The molecular formula is C16H26N4O2S. The van der Waals surface area contributed by atoms with Crippen molar-refractivity contribution in [1.82, 2.24) is 15.2 Å². The number of hydrogen-bond donors (Lipinski definition) is 2. The van der Waals surface area contributed by atoms with Gasteiger partial charge in [-0.25, -0.2) is 4.98 Å². The molecule has 128 valence electrons. The Morgan fingerprint density at radius 3 is 2.74 bits per heavy atom. The zero-order chi connectivity index (χ0) is 17.0. The van der Waals surface area contributed by atoms with Gasteiger partial charge < -0.3 is 16.0 Å². The highest BCUT2D eigenvalue weighted by Gasteiger charge is 2.28. The lowest BCUT2D eigenvalue weighted by Crippen LogP contribution is -2.42. The summed E-state index contributed by atoms with van der Waals surface area (Å²) in [7, 11) is 0. The fraction of sp³-hybridized carbons (Fsp3) is 0.688. The van der Waals surface area contributed by atoms with Gasteiger partial charge in [0.05, 0.1) is 23.2 Å². The van der Waals surface area contributed by atoms with Crippen molar-refractivity contribution < 1.29 is 9.59 Å². The van der Waals surface area contributed by atoms with Crippen LogP contribution in [-0.4, -0.2) is 40.8 Å². The minimum absolute atomic E-state index is 0.00352. The molecule has 1 aromatic heterocycles. The van der Waals surface area contributed by atoms with Gasteiger partial charge in [0, 0.05) is 30.9 Å². The molecule has 23 heavy (non-hydrogen) atoms. The van der Waals surface area contributed by atoms with E-state index in [1.807, 2.05) is 6.92 Å². The van der Waals surface area contributed by atoms with E-state index in [0.717, 1.165) is 34.8 Å². The van der Waals surface area contributed by atoms with E-state index >= 15 is 0 Å². The SMILES string of the molecule is CCc1nc(C)c(CNC(=O)[C@@H]2CC[C@H](N)CN(C(C)=O)C2)s1. The van der Waals surface area contributed by atoms with E-state index in [4.69, 9.17) is 5.73 Å². The molecule has 1 fully saturated rings. The van der Waals surface area contributed by atoms with Crippen molar-refractivity contribution in [3.05, 3.63) is 15.6 Å². The molecule has 1 aliphatic heterocycles. The van der Waals surface area contributed by atoms with Crippen LogP contribution in [0.25, 0.3) is 0 Å². The predicted molar refractivity (Wildman–Crippen MR) is 91.0 cm³/mol. The lowest BCUT2D eigenvalue weighted by molar-refractivity contribution is -0.131. The molecule has 7 heteroatoms. The maximum atomic E-state index is 12.5. The van der Waals surface area contributed by atoms with Crippen molar-refractivity contribution in [2.24, 2.45) is 11.7 Å². The quantitative estimate of drug-likeness (QED) is 0.864. The largest absolute Gasteiger partial charge is 0.351 e. The first-order valence-electron chi connectivity index (χ1n) is 8.14. The van der Waals surface area contributed by atoms with Crippen LogP contribution < -0.4 is 11.1 Å². The molecule has 1 aromatic rings. The van der Waals surface area contributed by atoms with Gasteiger partial charge in [-0.3, -0.25) is 9.59 Å². The standard InChI is InChI=1S/C16H26N4O2S/c1-4-15-19-10(2)14(23-15)7-18-16(22)12-5-6-13(17)9-20(8-12)11(3)21/h12-13H,4-9,17H2,1-3H3,(H,18,22)/t12-,13+/m1/s1. The predicted octanol–water partition coefficient (Wildman–Crippen LogP) is 1.22. The number of amides is 2. The summed E-state index contributed by atoms with van der Waals surface area (Å²) in [6.45, 7) is 7.07. The van der Waals surface area contributed by atoms with E-state index in [-0.39, 0.29) is 23.8 Å². The summed E-state index contributed by atoms with van der Waals surface area (Å²) >= 11 is 1.65. The lowest BCUT2D eigenvalue weighted by Gasteiger charge is -2.23. The van der Waals surface area contributed by atoms with Crippen LogP contribution >= 0.6 is 11.3 Å². The molecular weight excluding hydrogens is 312 g/mol. The Labute approximate surface area is 141 Å². The Bertz CT molecular complexity index is 572. The number of carbonyl (C=O) groups excluding carboxylic acids is 2. The Balaban J connectivity index is 1.96. The van der Waals surface area contributed by atoms with Gasteiger partial charge in [0.15, 0.2) is 0 Å². The van der Waals surface area contributed by atoms with E-state index in [9.17, 15) is 9.59 Å². The Kier molecular flexibility index (Phi) is 6.12. The molecule has 0 aromatic carbocycles. The van der Waals surface area contributed by atoms with Gasteiger partial charge in [0.25, 0.3) is 0 Å². The zero-order valence-corrected chi connectivity index (χ0v) is 14.9. The molecule has 6 nitrogen and oxygen atoms in total. The van der Waals surface area contributed by atoms with Crippen LogP contribution in [0.1, 0.15) is 42.3 Å². The monoisotopic (exact) mass is 338 g/mol. The summed E-state index contributed by atoms with van der Waals surface area (Å²) in [5.41, 5.74) is 6.98. The molecule has 0 radical (unpaired) electrons. The van der Waals surface area contributed by atoms with Crippen molar-refractivity contribution in [2.45, 2.75) is 52.6 Å². The first-order chi connectivity index (χ1) is 10.9. The summed E-state index contributed by atoms with van der Waals surface area (Å²) in [5.74, 6) is -0.214. The molecule has 1 saturated heterocycles. The molecule has 0 unspecified atom stereocenters. The van der Waals surface area contributed by atoms with Crippen molar-refractivity contribution in [2.75, 3.05) is 13.1 Å². The van der Waals surface area contributed by atoms with Crippen LogP contribution in [0.15, 0.2) is 0 Å². The van der Waals surface area contributed by atoms with Crippen LogP contribution in [0.3, 0.4) is 0 Å². The summed E-state index contributed by atoms with van der Waals surface area (Å²) in [4.78, 5) is 31.4. The first-order valence-corrected chi connectivity index (χ1v) is 8.96. The third-order valence-electron chi connectivity index (χ3n) is 4.26. The molecule has 2 amide bonds. The number of nitrogens with one attached hydrogen (secondary N) is 1. The molecule has 2 rings (SSSR count). The van der Waals surface area contributed by atoms with Crippen molar-refractivity contribution in [3.8, 4) is 0 Å². The van der Waals surface area contributed by atoms with Crippen molar-refractivity contribution in [3.63, 3.8) is 0 Å². The molecule has 2 heterocycles. The number of likely N-dealkylation sites (tertiary alicyclic amines) is 1. The van der Waals surface area contributed by atoms with E-state index in [1.165, 1.54) is 6.92 Å². The number of hydrogen-bond acceptors (Lipinski definition) is 5. The minimum Gasteiger partial charge on any atom is -0.351 e. The van der Waals surface area contributed by atoms with Gasteiger partial charge in [0.1, 0.15) is 0 Å². The highest BCUT2D eigenvalue weighted by molar-refractivity contribution is 7.11. The van der Waals surface area contributed by atoms with Gasteiger partial charge in [-0.15, -0.1) is 11.3 Å². The second kappa shape index (κ2) is 7.88. The van der Waals surface area contributed by atoms with Gasteiger partial charge >= 0.3 is 0 Å². The van der Waals surface area contributed by atoms with Crippen molar-refractivity contribution >= 4 is 23.2 Å². The number of aromatic nitrogens is 1. The Hall–Kier alpha value is -1.47. The Morgan fingerprint density at radius 2 is 2.13 bits per heavy atom. The summed E-state index contributed by atoms with van der Waals surface area (Å²) in [6.07, 6.45) is 2.40. The zero-order valence-electron chi connectivity index (χ0n) is 14.1. The van der Waals surface area contributed by atoms with Crippen LogP contribution in [0.2, 0.25) is 0 Å². The summed E-state index contributed by atoms with van der Waals surface area (Å²) in [5, 5.41) is 4.09. The molecule has 0 aliphatic carbocycles. The number of aryl methyl sites for hydroxylation is 2. The Morgan fingerprint density at radius 1 is 1.39 bits per heavy atom. The first kappa shape index (κ1) is 17.9. The topological polar surface area (TPSA) is 88.3 Å². The molecule has 0 spiro atoms. The number of nitrogens with two attached hydrogens (primary N) is 1. The fourth-order valence-electron chi connectivity index (χ4n) is 2.81. The van der Waals surface area contributed by atoms with Gasteiger partial charge in [-0.05, 0) is 26.2 Å². The third-order valence-corrected chi connectivity index (χ3v) is 5.56. The number of rotatable bonds is 4. The third kappa shape index (κ3) is 4.75. The molecule has 0 bridgehead atoms. The summed E-state index contributed by atoms with van der Waals surface area (Å²) < 4.78 is 0.